The van der Waals surface area contributed by atoms with Gasteiger partial charge in [-0.2, -0.15) is 0 Å². The second kappa shape index (κ2) is 5.77. The van der Waals surface area contributed by atoms with Crippen LogP contribution >= 0.6 is 0 Å². The number of carboxylic acid groups (broad SMARTS) is 1. The molecular weight excluding hydrogens is 236 g/mol. The normalized spacial score (nSPS) is 19.3. The monoisotopic (exact) mass is 260 g/mol. The van der Waals surface area contributed by atoms with E-state index in [2.05, 4.69) is 32.0 Å². The van der Waals surface area contributed by atoms with E-state index in [9.17, 15) is 4.79 Å². The average molecular weight is 260 g/mol. The van der Waals surface area contributed by atoms with Crippen molar-refractivity contribution < 1.29 is 9.90 Å². The topological polar surface area (TPSA) is 37.3 Å². The third kappa shape index (κ3) is 3.82. The first-order chi connectivity index (χ1) is 8.98. The fourth-order valence-corrected chi connectivity index (χ4v) is 3.11. The summed E-state index contributed by atoms with van der Waals surface area (Å²) in [6.07, 6.45) is 5.89. The number of aliphatic carboxylic acids is 1. The molecule has 0 atom stereocenters. The molecule has 0 heterocycles. The molecule has 1 aromatic carbocycles. The van der Waals surface area contributed by atoms with E-state index < -0.39 is 5.97 Å². The third-order valence-corrected chi connectivity index (χ3v) is 4.44. The molecule has 1 aliphatic carbocycles. The van der Waals surface area contributed by atoms with E-state index in [1.54, 1.807) is 0 Å². The van der Waals surface area contributed by atoms with Gasteiger partial charge >= 0.3 is 5.97 Å². The van der Waals surface area contributed by atoms with Gasteiger partial charge in [-0.05, 0) is 54.6 Å². The predicted octanol–water partition coefficient (Wildman–Crippen LogP) is 4.39. The molecule has 19 heavy (non-hydrogen) atoms. The van der Waals surface area contributed by atoms with Gasteiger partial charge in [-0.3, -0.25) is 4.79 Å². The maximum Gasteiger partial charge on any atom is 0.303 e. The van der Waals surface area contributed by atoms with Crippen molar-refractivity contribution in [1.29, 1.82) is 0 Å². The maximum atomic E-state index is 10.7. The first kappa shape index (κ1) is 14.1. The summed E-state index contributed by atoms with van der Waals surface area (Å²) in [4.78, 5) is 10.7. The van der Waals surface area contributed by atoms with Crippen LogP contribution < -0.4 is 0 Å². The molecule has 0 saturated heterocycles. The number of aryl methyl sites for hydroxylation is 1. The zero-order valence-corrected chi connectivity index (χ0v) is 12.0. The van der Waals surface area contributed by atoms with Gasteiger partial charge in [-0.1, -0.05) is 38.1 Å². The first-order valence-electron chi connectivity index (χ1n) is 7.27. The molecule has 0 amide bonds. The Morgan fingerprint density at radius 2 is 1.89 bits per heavy atom. The standard InChI is InChI=1S/C17H24O2/c1-17(2)11-9-14(10-12-17)15-6-4-3-5-13(15)7-8-16(18)19/h3-6,14H,7-12H2,1-2H3,(H,18,19). The third-order valence-electron chi connectivity index (χ3n) is 4.44. The molecule has 104 valence electrons. The summed E-state index contributed by atoms with van der Waals surface area (Å²) >= 11 is 0. The summed E-state index contributed by atoms with van der Waals surface area (Å²) in [5.74, 6) is -0.0856. The van der Waals surface area contributed by atoms with Crippen molar-refractivity contribution in [2.45, 2.75) is 58.3 Å². The second-order valence-electron chi connectivity index (χ2n) is 6.53. The molecule has 1 aromatic rings. The molecule has 0 aromatic heterocycles. The van der Waals surface area contributed by atoms with Crippen LogP contribution in [0.2, 0.25) is 0 Å². The fraction of sp³-hybridized carbons (Fsp3) is 0.588. The summed E-state index contributed by atoms with van der Waals surface area (Å²) in [7, 11) is 0. The Hall–Kier alpha value is -1.31. The number of carbonyl (C=O) groups is 1. The smallest absolute Gasteiger partial charge is 0.303 e. The lowest BCUT2D eigenvalue weighted by Crippen LogP contribution is -2.20. The van der Waals surface area contributed by atoms with E-state index in [0.717, 1.165) is 0 Å². The van der Waals surface area contributed by atoms with Gasteiger partial charge in [-0.15, -0.1) is 0 Å². The maximum absolute atomic E-state index is 10.7. The SMILES string of the molecule is CC1(C)CCC(c2ccccc2CCC(=O)O)CC1. The minimum Gasteiger partial charge on any atom is -0.481 e. The van der Waals surface area contributed by atoms with E-state index in [4.69, 9.17) is 5.11 Å². The van der Waals surface area contributed by atoms with E-state index in [1.807, 2.05) is 6.07 Å². The van der Waals surface area contributed by atoms with Crippen LogP contribution in [-0.4, -0.2) is 11.1 Å². The van der Waals surface area contributed by atoms with Crippen molar-refractivity contribution >= 4 is 5.97 Å². The van der Waals surface area contributed by atoms with E-state index in [-0.39, 0.29) is 6.42 Å². The van der Waals surface area contributed by atoms with Gasteiger partial charge < -0.3 is 5.11 Å². The Balaban J connectivity index is 2.09. The Bertz CT molecular complexity index is 438. The summed E-state index contributed by atoms with van der Waals surface area (Å²) in [6.45, 7) is 4.69. The molecule has 2 heteroatoms. The van der Waals surface area contributed by atoms with Gasteiger partial charge in [0.15, 0.2) is 0 Å². The van der Waals surface area contributed by atoms with Crippen LogP contribution in [0.5, 0.6) is 0 Å². The van der Waals surface area contributed by atoms with Crippen LogP contribution in [-0.2, 0) is 11.2 Å². The van der Waals surface area contributed by atoms with Gasteiger partial charge in [0, 0.05) is 6.42 Å². The fourth-order valence-electron chi connectivity index (χ4n) is 3.11. The van der Waals surface area contributed by atoms with Crippen molar-refractivity contribution in [3.8, 4) is 0 Å². The lowest BCUT2D eigenvalue weighted by Gasteiger charge is -2.35. The zero-order chi connectivity index (χ0) is 13.9. The van der Waals surface area contributed by atoms with Gasteiger partial charge in [0.2, 0.25) is 0 Å². The molecule has 0 unspecified atom stereocenters. The van der Waals surface area contributed by atoms with E-state index in [0.29, 0.717) is 17.8 Å². The van der Waals surface area contributed by atoms with E-state index >= 15 is 0 Å². The molecule has 0 bridgehead atoms. The molecule has 1 N–H and O–H groups in total. The summed E-state index contributed by atoms with van der Waals surface area (Å²) in [5.41, 5.74) is 3.10. The van der Waals surface area contributed by atoms with Crippen LogP contribution in [0.1, 0.15) is 63.0 Å². The minimum absolute atomic E-state index is 0.231. The molecular formula is C17H24O2. The molecule has 0 spiro atoms. The quantitative estimate of drug-likeness (QED) is 0.871. The first-order valence-corrected chi connectivity index (χ1v) is 7.27. The lowest BCUT2D eigenvalue weighted by molar-refractivity contribution is -0.136. The van der Waals surface area contributed by atoms with Gasteiger partial charge in [0.25, 0.3) is 0 Å². The van der Waals surface area contributed by atoms with Crippen LogP contribution in [0, 0.1) is 5.41 Å². The van der Waals surface area contributed by atoms with Crippen molar-refractivity contribution in [1.82, 2.24) is 0 Å². The highest BCUT2D eigenvalue weighted by Gasteiger charge is 2.28. The highest BCUT2D eigenvalue weighted by atomic mass is 16.4. The molecule has 0 aliphatic heterocycles. The molecule has 2 rings (SSSR count). The van der Waals surface area contributed by atoms with Crippen molar-refractivity contribution in [3.05, 3.63) is 35.4 Å². The van der Waals surface area contributed by atoms with Crippen molar-refractivity contribution in [3.63, 3.8) is 0 Å². The van der Waals surface area contributed by atoms with E-state index in [1.165, 1.54) is 36.8 Å². The lowest BCUT2D eigenvalue weighted by atomic mass is 9.70. The van der Waals surface area contributed by atoms with Gasteiger partial charge in [0.1, 0.15) is 0 Å². The number of rotatable bonds is 4. The Kier molecular flexibility index (Phi) is 4.28. The number of hydrogen-bond donors (Lipinski definition) is 1. The Labute approximate surface area is 115 Å². The number of benzene rings is 1. The predicted molar refractivity (Wildman–Crippen MR) is 77.4 cm³/mol. The molecule has 1 fully saturated rings. The average Bonchev–Trinajstić information content (AvgIpc) is 2.37. The Morgan fingerprint density at radius 3 is 2.53 bits per heavy atom. The van der Waals surface area contributed by atoms with Crippen LogP contribution in [0.15, 0.2) is 24.3 Å². The van der Waals surface area contributed by atoms with Crippen LogP contribution in [0.25, 0.3) is 0 Å². The number of hydrogen-bond acceptors (Lipinski definition) is 1. The highest BCUT2D eigenvalue weighted by Crippen LogP contribution is 2.43. The van der Waals surface area contributed by atoms with Crippen LogP contribution in [0.4, 0.5) is 0 Å². The van der Waals surface area contributed by atoms with Crippen molar-refractivity contribution in [2.75, 3.05) is 0 Å². The number of carboxylic acids is 1. The largest absolute Gasteiger partial charge is 0.481 e. The summed E-state index contributed by atoms with van der Waals surface area (Å²) < 4.78 is 0. The Morgan fingerprint density at radius 1 is 1.26 bits per heavy atom. The molecule has 2 nitrogen and oxygen atoms in total. The second-order valence-corrected chi connectivity index (χ2v) is 6.53. The molecule has 0 radical (unpaired) electrons. The highest BCUT2D eigenvalue weighted by molar-refractivity contribution is 5.67. The molecule has 1 saturated carbocycles. The molecule has 1 aliphatic rings. The van der Waals surface area contributed by atoms with Crippen molar-refractivity contribution in [2.24, 2.45) is 5.41 Å². The summed E-state index contributed by atoms with van der Waals surface area (Å²) in [6, 6.07) is 8.39. The minimum atomic E-state index is -0.709. The van der Waals surface area contributed by atoms with Gasteiger partial charge in [0.05, 0.1) is 0 Å². The zero-order valence-electron chi connectivity index (χ0n) is 12.0. The van der Waals surface area contributed by atoms with Gasteiger partial charge in [-0.25, -0.2) is 0 Å². The summed E-state index contributed by atoms with van der Waals surface area (Å²) in [5, 5.41) is 8.84. The van der Waals surface area contributed by atoms with Crippen LogP contribution in [0.3, 0.4) is 0 Å².